The lowest BCUT2D eigenvalue weighted by molar-refractivity contribution is -0.119. The second-order valence-corrected chi connectivity index (χ2v) is 9.81. The van der Waals surface area contributed by atoms with Gasteiger partial charge in [0.25, 0.3) is 0 Å². The van der Waals surface area contributed by atoms with Crippen molar-refractivity contribution in [1.29, 1.82) is 0 Å². The Labute approximate surface area is 233 Å². The molecule has 1 fully saturated rings. The summed E-state index contributed by atoms with van der Waals surface area (Å²) in [6, 6.07) is 20.9. The van der Waals surface area contributed by atoms with Crippen LogP contribution in [0.4, 0.5) is 16.2 Å². The summed E-state index contributed by atoms with van der Waals surface area (Å²) in [5.74, 6) is 0.900. The summed E-state index contributed by atoms with van der Waals surface area (Å²) < 4.78 is 16.7. The summed E-state index contributed by atoms with van der Waals surface area (Å²) in [6.07, 6.45) is 1.82. The Hall–Kier alpha value is -4.37. The molecule has 2 aliphatic heterocycles. The van der Waals surface area contributed by atoms with Crippen molar-refractivity contribution in [1.82, 2.24) is 4.90 Å². The van der Waals surface area contributed by atoms with Gasteiger partial charge in [-0.15, -0.1) is 0 Å². The number of carbonyl (C=O) groups excluding carboxylic acids is 3. The Morgan fingerprint density at radius 2 is 1.77 bits per heavy atom. The van der Waals surface area contributed by atoms with E-state index in [1.807, 2.05) is 54.6 Å². The molecule has 1 N–H and O–H groups in total. The van der Waals surface area contributed by atoms with E-state index >= 15 is 0 Å². The Balaban J connectivity index is 1.10. The fourth-order valence-electron chi connectivity index (χ4n) is 5.18. The lowest BCUT2D eigenvalue weighted by Gasteiger charge is -2.33. The topological polar surface area (TPSA) is 97.4 Å². The number of carbonyl (C=O) groups is 3. The van der Waals surface area contributed by atoms with Gasteiger partial charge in [0.1, 0.15) is 24.2 Å². The molecule has 0 aliphatic carbocycles. The number of fused-ring (bicyclic) bond motifs is 1. The zero-order valence-corrected chi connectivity index (χ0v) is 22.5. The smallest absolute Gasteiger partial charge is 0.411 e. The molecule has 3 aromatic carbocycles. The average molecular weight is 544 g/mol. The van der Waals surface area contributed by atoms with Crippen LogP contribution in [-0.4, -0.2) is 69.2 Å². The number of para-hydroxylation sites is 1. The first kappa shape index (κ1) is 27.2. The molecule has 5 rings (SSSR count). The Morgan fingerprint density at radius 3 is 2.52 bits per heavy atom. The molecular weight excluding hydrogens is 510 g/mol. The van der Waals surface area contributed by atoms with Gasteiger partial charge in [-0.25, -0.2) is 4.79 Å². The summed E-state index contributed by atoms with van der Waals surface area (Å²) in [6.45, 7) is 2.89. The highest BCUT2D eigenvalue weighted by Crippen LogP contribution is 2.37. The number of rotatable bonds is 8. The number of piperidine rings is 1. The standard InChI is InChI=1S/C31H33N3O6/c1-38-28-20-27-29(19-23(28)21-35)39-18-17-34(27)30(36)13-16-33-14-11-24(12-15-33)40-31(37)32-26-10-6-5-9-25(26)22-7-3-2-4-8-22/h2-10,19-21,24H,11-18H2,1H3,(H,32,37). The van der Waals surface area contributed by atoms with Crippen LogP contribution in [-0.2, 0) is 9.53 Å². The Morgan fingerprint density at radius 1 is 1.02 bits per heavy atom. The molecule has 40 heavy (non-hydrogen) atoms. The van der Waals surface area contributed by atoms with E-state index in [9.17, 15) is 14.4 Å². The van der Waals surface area contributed by atoms with E-state index < -0.39 is 6.09 Å². The molecule has 0 atom stereocenters. The highest BCUT2D eigenvalue weighted by atomic mass is 16.6. The third-order valence-electron chi connectivity index (χ3n) is 7.30. The number of methoxy groups -OCH3 is 1. The molecule has 1 saturated heterocycles. The number of nitrogens with zero attached hydrogens (tertiary/aromatic N) is 2. The van der Waals surface area contributed by atoms with Crippen molar-refractivity contribution in [2.24, 2.45) is 0 Å². The van der Waals surface area contributed by atoms with E-state index in [1.165, 1.54) is 7.11 Å². The van der Waals surface area contributed by atoms with Gasteiger partial charge in [-0.1, -0.05) is 48.5 Å². The van der Waals surface area contributed by atoms with E-state index in [0.717, 1.165) is 24.2 Å². The third kappa shape index (κ3) is 6.26. The van der Waals surface area contributed by atoms with Crippen molar-refractivity contribution < 1.29 is 28.6 Å². The molecule has 0 saturated carbocycles. The van der Waals surface area contributed by atoms with Crippen LogP contribution in [0, 0.1) is 0 Å². The second kappa shape index (κ2) is 12.7. The van der Waals surface area contributed by atoms with Gasteiger partial charge >= 0.3 is 6.09 Å². The number of hydrogen-bond donors (Lipinski definition) is 1. The van der Waals surface area contributed by atoms with Gasteiger partial charge in [-0.2, -0.15) is 0 Å². The monoisotopic (exact) mass is 543 g/mol. The minimum atomic E-state index is -0.462. The SMILES string of the molecule is COc1cc2c(cc1C=O)OCCN2C(=O)CCN1CCC(OC(=O)Nc2ccccc2-c2ccccc2)CC1. The number of hydrogen-bond acceptors (Lipinski definition) is 7. The van der Waals surface area contributed by atoms with E-state index in [0.29, 0.717) is 73.7 Å². The second-order valence-electron chi connectivity index (χ2n) is 9.81. The molecule has 0 aromatic heterocycles. The number of likely N-dealkylation sites (tertiary alicyclic amines) is 1. The largest absolute Gasteiger partial charge is 0.496 e. The molecule has 3 aromatic rings. The maximum absolute atomic E-state index is 13.1. The van der Waals surface area contributed by atoms with Crippen molar-refractivity contribution >= 4 is 29.7 Å². The maximum Gasteiger partial charge on any atom is 0.411 e. The Bertz CT molecular complexity index is 1350. The first-order valence-corrected chi connectivity index (χ1v) is 13.5. The van der Waals surface area contributed by atoms with Gasteiger partial charge in [0.15, 0.2) is 6.29 Å². The van der Waals surface area contributed by atoms with Gasteiger partial charge in [0.2, 0.25) is 5.91 Å². The van der Waals surface area contributed by atoms with Crippen molar-refractivity contribution in [2.45, 2.75) is 25.4 Å². The zero-order chi connectivity index (χ0) is 27.9. The number of benzene rings is 3. The van der Waals surface area contributed by atoms with Crippen molar-refractivity contribution in [3.05, 3.63) is 72.3 Å². The maximum atomic E-state index is 13.1. The molecule has 9 heteroatoms. The molecular formula is C31H33N3O6. The molecule has 0 bridgehead atoms. The van der Waals surface area contributed by atoms with E-state index in [4.69, 9.17) is 14.2 Å². The van der Waals surface area contributed by atoms with Gasteiger partial charge in [-0.3, -0.25) is 14.9 Å². The fourth-order valence-corrected chi connectivity index (χ4v) is 5.18. The minimum Gasteiger partial charge on any atom is -0.496 e. The highest BCUT2D eigenvalue weighted by Gasteiger charge is 2.27. The molecule has 0 unspecified atom stereocenters. The van der Waals surface area contributed by atoms with Gasteiger partial charge in [0.05, 0.1) is 30.6 Å². The van der Waals surface area contributed by atoms with Gasteiger partial charge < -0.3 is 24.0 Å². The van der Waals surface area contributed by atoms with Crippen LogP contribution in [0.5, 0.6) is 11.5 Å². The minimum absolute atomic E-state index is 0.0136. The first-order valence-electron chi connectivity index (χ1n) is 13.5. The van der Waals surface area contributed by atoms with E-state index in [1.54, 1.807) is 17.0 Å². The van der Waals surface area contributed by atoms with Gasteiger partial charge in [0, 0.05) is 37.7 Å². The van der Waals surface area contributed by atoms with E-state index in [2.05, 4.69) is 10.2 Å². The average Bonchev–Trinajstić information content (AvgIpc) is 3.00. The third-order valence-corrected chi connectivity index (χ3v) is 7.30. The van der Waals surface area contributed by atoms with Crippen LogP contribution in [0.25, 0.3) is 11.1 Å². The quantitative estimate of drug-likeness (QED) is 0.399. The van der Waals surface area contributed by atoms with Crippen LogP contribution in [0.2, 0.25) is 0 Å². The predicted octanol–water partition coefficient (Wildman–Crippen LogP) is 5.00. The molecule has 2 heterocycles. The lowest BCUT2D eigenvalue weighted by Crippen LogP contribution is -2.42. The van der Waals surface area contributed by atoms with Gasteiger partial charge in [-0.05, 0) is 30.5 Å². The van der Waals surface area contributed by atoms with E-state index in [-0.39, 0.29) is 12.0 Å². The summed E-state index contributed by atoms with van der Waals surface area (Å²) in [7, 11) is 1.49. The van der Waals surface area contributed by atoms with Crippen molar-refractivity contribution in [2.75, 3.05) is 50.1 Å². The predicted molar refractivity (Wildman–Crippen MR) is 152 cm³/mol. The van der Waals surface area contributed by atoms with Crippen molar-refractivity contribution in [3.63, 3.8) is 0 Å². The van der Waals surface area contributed by atoms with Crippen LogP contribution >= 0.6 is 0 Å². The molecule has 208 valence electrons. The molecule has 2 amide bonds. The summed E-state index contributed by atoms with van der Waals surface area (Å²) in [5, 5.41) is 2.90. The summed E-state index contributed by atoms with van der Waals surface area (Å²) in [5.41, 5.74) is 3.66. The number of aldehydes is 1. The fraction of sp³-hybridized carbons (Fsp3) is 0.323. The van der Waals surface area contributed by atoms with Crippen LogP contribution in [0.3, 0.4) is 0 Å². The normalized spacial score (nSPS) is 15.5. The summed E-state index contributed by atoms with van der Waals surface area (Å²) >= 11 is 0. The Kier molecular flexibility index (Phi) is 8.61. The van der Waals surface area contributed by atoms with Crippen LogP contribution in [0.1, 0.15) is 29.6 Å². The number of amides is 2. The number of ether oxygens (including phenoxy) is 3. The van der Waals surface area contributed by atoms with Crippen LogP contribution in [0.15, 0.2) is 66.7 Å². The van der Waals surface area contributed by atoms with Crippen LogP contribution < -0.4 is 19.7 Å². The molecule has 2 aliphatic rings. The number of anilines is 2. The van der Waals surface area contributed by atoms with Crippen molar-refractivity contribution in [3.8, 4) is 22.6 Å². The number of nitrogens with one attached hydrogen (secondary N) is 1. The molecule has 9 nitrogen and oxygen atoms in total. The molecule has 0 spiro atoms. The zero-order valence-electron chi connectivity index (χ0n) is 22.5. The first-order chi connectivity index (χ1) is 19.6. The lowest BCUT2D eigenvalue weighted by atomic mass is 10.0. The highest BCUT2D eigenvalue weighted by molar-refractivity contribution is 5.97. The molecule has 0 radical (unpaired) electrons. The summed E-state index contributed by atoms with van der Waals surface area (Å²) in [4.78, 5) is 41.1.